The van der Waals surface area contributed by atoms with Crippen molar-refractivity contribution >= 4 is 35.8 Å². The Balaban J connectivity index is 0.000000991. The lowest BCUT2D eigenvalue weighted by molar-refractivity contribution is -0.107. The molecule has 1 aromatic carbocycles. The van der Waals surface area contributed by atoms with Crippen molar-refractivity contribution in [2.45, 2.75) is 48.0 Å². The minimum absolute atomic E-state index is 0.250. The number of hydrogen-bond acceptors (Lipinski definition) is 5. The van der Waals surface area contributed by atoms with Crippen molar-refractivity contribution in [3.63, 3.8) is 0 Å². The van der Waals surface area contributed by atoms with Crippen molar-refractivity contribution in [2.75, 3.05) is 0 Å². The Morgan fingerprint density at radius 2 is 1.48 bits per heavy atom. The third kappa shape index (κ3) is 8.86. The van der Waals surface area contributed by atoms with E-state index in [0.29, 0.717) is 5.15 Å². The number of nitrogens with zero attached hydrogens (tertiary/aromatic N) is 2. The molecule has 2 amide bonds. The van der Waals surface area contributed by atoms with Crippen LogP contribution in [0.25, 0.3) is 21.6 Å². The molecule has 3 aromatic rings. The van der Waals surface area contributed by atoms with Crippen LogP contribution >= 0.6 is 22.9 Å². The lowest BCUT2D eigenvalue weighted by Gasteiger charge is -2.09. The van der Waals surface area contributed by atoms with Crippen molar-refractivity contribution in [1.82, 2.24) is 9.97 Å². The van der Waals surface area contributed by atoms with Gasteiger partial charge in [0.15, 0.2) is 0 Å². The number of hydrogen-bond donors (Lipinski definition) is 2. The number of carbonyl (C=O) groups excluding carboxylic acids is 2. The van der Waals surface area contributed by atoms with E-state index in [1.807, 2.05) is 20.0 Å². The van der Waals surface area contributed by atoms with E-state index in [-0.39, 0.29) is 12.8 Å². The van der Waals surface area contributed by atoms with Gasteiger partial charge < -0.3 is 11.5 Å². The summed E-state index contributed by atoms with van der Waals surface area (Å²) in [6, 6.07) is 8.59. The molecule has 0 bridgehead atoms. The van der Waals surface area contributed by atoms with Gasteiger partial charge >= 0.3 is 0 Å². The third-order valence-electron chi connectivity index (χ3n) is 3.78. The zero-order valence-corrected chi connectivity index (χ0v) is 20.5. The molecule has 0 atom stereocenters. The molecule has 0 fully saturated rings. The largest absolute Gasteiger partial charge is 0.372 e. The first kappa shape index (κ1) is 28.2. The van der Waals surface area contributed by atoms with E-state index in [0.717, 1.165) is 33.8 Å². The van der Waals surface area contributed by atoms with Crippen LogP contribution in [0.1, 0.15) is 42.6 Å². The summed E-state index contributed by atoms with van der Waals surface area (Å²) < 4.78 is 0. The van der Waals surface area contributed by atoms with Crippen LogP contribution < -0.4 is 11.5 Å². The summed E-state index contributed by atoms with van der Waals surface area (Å²) in [5, 5.41) is 1.69. The van der Waals surface area contributed by atoms with Crippen LogP contribution in [0, 0.1) is 20.8 Å². The van der Waals surface area contributed by atoms with E-state index in [1.165, 1.54) is 16.0 Å². The number of aromatic nitrogens is 2. The summed E-state index contributed by atoms with van der Waals surface area (Å²) in [6.07, 6.45) is 3.30. The second-order valence-electron chi connectivity index (χ2n) is 6.09. The number of amides is 2. The maximum Gasteiger partial charge on any atom is 0.204 e. The summed E-state index contributed by atoms with van der Waals surface area (Å²) in [6.45, 7) is 12.4. The fraction of sp³-hybridized carbons (Fsp3) is 0.304. The highest BCUT2D eigenvalue weighted by atomic mass is 35.5. The summed E-state index contributed by atoms with van der Waals surface area (Å²) in [4.78, 5) is 27.4. The van der Waals surface area contributed by atoms with Gasteiger partial charge in [-0.25, -0.2) is 9.97 Å². The number of primary amides is 2. The Kier molecular flexibility index (Phi) is 13.7. The fourth-order valence-corrected chi connectivity index (χ4v) is 3.97. The van der Waals surface area contributed by atoms with Crippen LogP contribution in [-0.2, 0) is 16.0 Å². The zero-order chi connectivity index (χ0) is 24.0. The molecule has 0 saturated heterocycles. The van der Waals surface area contributed by atoms with Gasteiger partial charge in [-0.2, -0.15) is 0 Å². The van der Waals surface area contributed by atoms with Gasteiger partial charge in [-0.15, -0.1) is 11.3 Å². The van der Waals surface area contributed by atoms with E-state index in [4.69, 9.17) is 21.2 Å². The van der Waals surface area contributed by atoms with Gasteiger partial charge in [0.2, 0.25) is 12.8 Å². The zero-order valence-electron chi connectivity index (χ0n) is 18.9. The van der Waals surface area contributed by atoms with Gasteiger partial charge in [0, 0.05) is 17.3 Å². The highest BCUT2D eigenvalue weighted by molar-refractivity contribution is 7.15. The highest BCUT2D eigenvalue weighted by Crippen LogP contribution is 2.35. The van der Waals surface area contributed by atoms with E-state index in [1.54, 1.807) is 11.3 Å². The molecule has 0 aliphatic heterocycles. The monoisotopic (exact) mass is 462 g/mol. The molecule has 6 nitrogen and oxygen atoms in total. The van der Waals surface area contributed by atoms with Gasteiger partial charge in [0.05, 0.1) is 15.6 Å². The molecule has 2 aromatic heterocycles. The number of nitrogens with two attached hydrogens (primary N) is 2. The standard InChI is InChI=1S/C19H19ClN2S.C2H6.2CH3NO/c1-5-17-22-13(4)18(23-17)15-9-16(19(20)21-10-15)14-7-11(2)6-12(3)8-14;1-2;2*2-1-3/h6-10H,5H2,1-4H3;1-2H3;2*1H,(H2,2,3). The molecule has 0 saturated carbocycles. The van der Waals surface area contributed by atoms with Crippen LogP contribution in [0.3, 0.4) is 0 Å². The first-order chi connectivity index (χ1) is 14.8. The molecular formula is C23H31ClN4O2S. The molecule has 168 valence electrons. The molecule has 2 heterocycles. The first-order valence-electron chi connectivity index (χ1n) is 9.82. The molecule has 3 rings (SSSR count). The molecule has 0 radical (unpaired) electrons. The van der Waals surface area contributed by atoms with Gasteiger partial charge in [0.1, 0.15) is 5.15 Å². The smallest absolute Gasteiger partial charge is 0.204 e. The SMILES string of the molecule is CC.CCc1nc(C)c(-c2cnc(Cl)c(-c3cc(C)cc(C)c3)c2)s1.NC=O.NC=O. The van der Waals surface area contributed by atoms with Gasteiger partial charge in [-0.3, -0.25) is 9.59 Å². The predicted octanol–water partition coefficient (Wildman–Crippen LogP) is 5.24. The lowest BCUT2D eigenvalue weighted by Crippen LogP contribution is -1.88. The maximum absolute atomic E-state index is 8.58. The molecular weight excluding hydrogens is 432 g/mol. The topological polar surface area (TPSA) is 112 Å². The number of halogens is 1. The van der Waals surface area contributed by atoms with Gasteiger partial charge in [0.25, 0.3) is 0 Å². The normalized spacial score (nSPS) is 9.13. The third-order valence-corrected chi connectivity index (χ3v) is 5.43. The maximum atomic E-state index is 8.58. The van der Waals surface area contributed by atoms with Gasteiger partial charge in [-0.1, -0.05) is 61.7 Å². The van der Waals surface area contributed by atoms with Crippen LogP contribution in [0.15, 0.2) is 30.5 Å². The average molecular weight is 463 g/mol. The second-order valence-corrected chi connectivity index (χ2v) is 7.53. The van der Waals surface area contributed by atoms with E-state index in [9.17, 15) is 0 Å². The first-order valence-corrected chi connectivity index (χ1v) is 11.0. The minimum Gasteiger partial charge on any atom is -0.372 e. The minimum atomic E-state index is 0.250. The summed E-state index contributed by atoms with van der Waals surface area (Å²) in [7, 11) is 0. The van der Waals surface area contributed by atoms with Crippen molar-refractivity contribution in [2.24, 2.45) is 11.5 Å². The van der Waals surface area contributed by atoms with Crippen LogP contribution in [-0.4, -0.2) is 22.8 Å². The van der Waals surface area contributed by atoms with Crippen molar-refractivity contribution < 1.29 is 9.59 Å². The summed E-state index contributed by atoms with van der Waals surface area (Å²) >= 11 is 8.11. The van der Waals surface area contributed by atoms with Crippen LogP contribution in [0.4, 0.5) is 0 Å². The number of thiazole rings is 1. The summed E-state index contributed by atoms with van der Waals surface area (Å²) in [5.41, 5.74) is 15.0. The van der Waals surface area contributed by atoms with E-state index in [2.05, 4.69) is 73.4 Å². The van der Waals surface area contributed by atoms with Crippen molar-refractivity contribution in [3.05, 3.63) is 57.4 Å². The Morgan fingerprint density at radius 3 is 1.94 bits per heavy atom. The number of carbonyl (C=O) groups is 2. The molecule has 8 heteroatoms. The quantitative estimate of drug-likeness (QED) is 0.409. The van der Waals surface area contributed by atoms with E-state index < -0.39 is 0 Å². The molecule has 4 N–H and O–H groups in total. The Hall–Kier alpha value is -2.77. The predicted molar refractivity (Wildman–Crippen MR) is 131 cm³/mol. The average Bonchev–Trinajstić information content (AvgIpc) is 3.11. The molecule has 0 spiro atoms. The number of benzene rings is 1. The van der Waals surface area contributed by atoms with Crippen LogP contribution in [0.5, 0.6) is 0 Å². The fourth-order valence-electron chi connectivity index (χ4n) is 2.78. The number of rotatable bonds is 3. The Morgan fingerprint density at radius 1 is 0.968 bits per heavy atom. The molecule has 31 heavy (non-hydrogen) atoms. The van der Waals surface area contributed by atoms with Crippen molar-refractivity contribution in [1.29, 1.82) is 0 Å². The second kappa shape index (κ2) is 15.1. The molecule has 0 aliphatic rings. The Labute approximate surface area is 193 Å². The summed E-state index contributed by atoms with van der Waals surface area (Å²) in [5.74, 6) is 0. The van der Waals surface area contributed by atoms with Crippen LogP contribution in [0.2, 0.25) is 5.15 Å². The highest BCUT2D eigenvalue weighted by Gasteiger charge is 2.13. The number of aryl methyl sites for hydroxylation is 4. The molecule has 0 aliphatic carbocycles. The Bertz CT molecular complexity index is 948. The molecule has 0 unspecified atom stereocenters. The lowest BCUT2D eigenvalue weighted by atomic mass is 10.0. The van der Waals surface area contributed by atoms with E-state index >= 15 is 0 Å². The van der Waals surface area contributed by atoms with Gasteiger partial charge in [-0.05, 0) is 38.8 Å². The number of pyridine rings is 1. The van der Waals surface area contributed by atoms with Crippen molar-refractivity contribution in [3.8, 4) is 21.6 Å².